The van der Waals surface area contributed by atoms with E-state index in [-0.39, 0.29) is 0 Å². The second-order valence-electron chi connectivity index (χ2n) is 2.14. The lowest BCUT2D eigenvalue weighted by atomic mass is 10.5. The standard InChI is InChI=1S/C5H5N.C3H8.C2H7N/c1-2-4-6-5-3-1;1-3-2;1-2-3/h1-5H;3H2,1-2H3;2-3H2,1H3. The van der Waals surface area contributed by atoms with Crippen molar-refractivity contribution in [3.05, 3.63) is 30.6 Å². The summed E-state index contributed by atoms with van der Waals surface area (Å²) in [4.78, 5) is 3.78. The van der Waals surface area contributed by atoms with Crippen molar-refractivity contribution in [3.63, 3.8) is 0 Å². The summed E-state index contributed by atoms with van der Waals surface area (Å²) in [5, 5.41) is 0. The van der Waals surface area contributed by atoms with Gasteiger partial charge in [0.05, 0.1) is 0 Å². The van der Waals surface area contributed by atoms with Crippen LogP contribution in [-0.2, 0) is 0 Å². The minimum Gasteiger partial charge on any atom is -0.331 e. The normalized spacial score (nSPS) is 7.00. The highest BCUT2D eigenvalue weighted by molar-refractivity contribution is 4.88. The smallest absolute Gasteiger partial charge is 0.0267 e. The van der Waals surface area contributed by atoms with Crippen molar-refractivity contribution in [3.8, 4) is 0 Å². The minimum absolute atomic E-state index is 0.750. The largest absolute Gasteiger partial charge is 0.331 e. The molecular weight excluding hydrogens is 148 g/mol. The Morgan fingerprint density at radius 3 is 1.42 bits per heavy atom. The monoisotopic (exact) mass is 168 g/mol. The number of nitrogens with two attached hydrogens (primary N) is 1. The lowest BCUT2D eigenvalue weighted by Gasteiger charge is -1.70. The first kappa shape index (κ1) is 13.7. The third-order valence-electron chi connectivity index (χ3n) is 0.566. The number of hydrogen-bond donors (Lipinski definition) is 1. The molecule has 0 unspecified atom stereocenters. The minimum atomic E-state index is 0.750. The van der Waals surface area contributed by atoms with Crippen LogP contribution >= 0.6 is 0 Å². The van der Waals surface area contributed by atoms with Crippen LogP contribution in [0.25, 0.3) is 0 Å². The molecule has 0 saturated carbocycles. The van der Waals surface area contributed by atoms with Crippen LogP contribution in [-0.4, -0.2) is 11.5 Å². The van der Waals surface area contributed by atoms with Crippen LogP contribution in [0, 0.1) is 0 Å². The first-order valence-electron chi connectivity index (χ1n) is 4.38. The highest BCUT2D eigenvalue weighted by atomic mass is 14.6. The summed E-state index contributed by atoms with van der Waals surface area (Å²) in [5.41, 5.74) is 4.85. The van der Waals surface area contributed by atoms with Crippen molar-refractivity contribution in [1.29, 1.82) is 0 Å². The van der Waals surface area contributed by atoms with Gasteiger partial charge in [0.1, 0.15) is 0 Å². The molecular formula is C10H20N2. The Bertz CT molecular complexity index is 99.8. The van der Waals surface area contributed by atoms with Crippen molar-refractivity contribution in [2.45, 2.75) is 27.2 Å². The summed E-state index contributed by atoms with van der Waals surface area (Å²) in [5.74, 6) is 0. The molecule has 1 aromatic heterocycles. The number of aromatic nitrogens is 1. The van der Waals surface area contributed by atoms with Gasteiger partial charge in [0.15, 0.2) is 0 Å². The second-order valence-corrected chi connectivity index (χ2v) is 2.14. The Balaban J connectivity index is 0. The van der Waals surface area contributed by atoms with Crippen LogP contribution < -0.4 is 5.73 Å². The molecule has 2 heteroatoms. The molecule has 1 heterocycles. The van der Waals surface area contributed by atoms with Gasteiger partial charge in [0.25, 0.3) is 0 Å². The average Bonchev–Trinajstić information content (AvgIpc) is 2.10. The van der Waals surface area contributed by atoms with Gasteiger partial charge in [-0.15, -0.1) is 0 Å². The van der Waals surface area contributed by atoms with Gasteiger partial charge in [-0.05, 0) is 18.7 Å². The van der Waals surface area contributed by atoms with E-state index in [0.717, 1.165) is 6.54 Å². The summed E-state index contributed by atoms with van der Waals surface area (Å²) >= 11 is 0. The molecule has 12 heavy (non-hydrogen) atoms. The Kier molecular flexibility index (Phi) is 18.9. The van der Waals surface area contributed by atoms with Crippen LogP contribution in [0.5, 0.6) is 0 Å². The van der Waals surface area contributed by atoms with Crippen LogP contribution in [0.2, 0.25) is 0 Å². The summed E-state index contributed by atoms with van der Waals surface area (Å²) in [6, 6.07) is 5.72. The molecule has 0 aliphatic carbocycles. The summed E-state index contributed by atoms with van der Waals surface area (Å²) < 4.78 is 0. The fourth-order valence-electron chi connectivity index (χ4n) is 0.313. The topological polar surface area (TPSA) is 38.9 Å². The molecule has 1 rings (SSSR count). The van der Waals surface area contributed by atoms with Crippen molar-refractivity contribution < 1.29 is 0 Å². The van der Waals surface area contributed by atoms with Gasteiger partial charge in [0, 0.05) is 12.4 Å². The van der Waals surface area contributed by atoms with Crippen molar-refractivity contribution in [1.82, 2.24) is 4.98 Å². The number of nitrogens with zero attached hydrogens (tertiary/aromatic N) is 1. The quantitative estimate of drug-likeness (QED) is 0.646. The molecule has 0 spiro atoms. The van der Waals surface area contributed by atoms with Gasteiger partial charge in [-0.2, -0.15) is 0 Å². The van der Waals surface area contributed by atoms with E-state index in [1.807, 2.05) is 25.1 Å². The maximum absolute atomic E-state index is 4.85. The molecule has 2 N–H and O–H groups in total. The molecule has 0 bridgehead atoms. The molecule has 0 aliphatic rings. The Labute approximate surface area is 75.8 Å². The molecule has 0 fully saturated rings. The molecule has 0 amide bonds. The van der Waals surface area contributed by atoms with Gasteiger partial charge in [-0.3, -0.25) is 4.98 Å². The molecule has 1 aromatic rings. The molecule has 0 aromatic carbocycles. The lowest BCUT2D eigenvalue weighted by Crippen LogP contribution is -1.87. The van der Waals surface area contributed by atoms with Gasteiger partial charge >= 0.3 is 0 Å². The fourth-order valence-corrected chi connectivity index (χ4v) is 0.313. The molecule has 0 saturated heterocycles. The highest BCUT2D eigenvalue weighted by Crippen LogP contribution is 1.73. The van der Waals surface area contributed by atoms with Crippen molar-refractivity contribution in [2.75, 3.05) is 6.54 Å². The summed E-state index contributed by atoms with van der Waals surface area (Å²) in [6.45, 7) is 6.90. The third kappa shape index (κ3) is 22.9. The third-order valence-corrected chi connectivity index (χ3v) is 0.566. The zero-order valence-corrected chi connectivity index (χ0v) is 8.33. The zero-order valence-electron chi connectivity index (χ0n) is 8.33. The van der Waals surface area contributed by atoms with E-state index < -0.39 is 0 Å². The average molecular weight is 168 g/mol. The fraction of sp³-hybridized carbons (Fsp3) is 0.500. The Morgan fingerprint density at radius 2 is 1.33 bits per heavy atom. The van der Waals surface area contributed by atoms with E-state index in [1.54, 1.807) is 12.4 Å². The Hall–Kier alpha value is -0.890. The van der Waals surface area contributed by atoms with Gasteiger partial charge in [0.2, 0.25) is 0 Å². The van der Waals surface area contributed by atoms with Crippen molar-refractivity contribution >= 4 is 0 Å². The van der Waals surface area contributed by atoms with E-state index in [4.69, 9.17) is 5.73 Å². The van der Waals surface area contributed by atoms with E-state index in [2.05, 4.69) is 18.8 Å². The van der Waals surface area contributed by atoms with Crippen LogP contribution in [0.15, 0.2) is 30.6 Å². The van der Waals surface area contributed by atoms with Crippen molar-refractivity contribution in [2.24, 2.45) is 5.73 Å². The second kappa shape index (κ2) is 16.6. The molecule has 0 aliphatic heterocycles. The maximum atomic E-state index is 4.85. The lowest BCUT2D eigenvalue weighted by molar-refractivity contribution is 1.09. The zero-order chi connectivity index (χ0) is 9.66. The highest BCUT2D eigenvalue weighted by Gasteiger charge is 1.58. The molecule has 70 valence electrons. The summed E-state index contributed by atoms with van der Waals surface area (Å²) in [7, 11) is 0. The van der Waals surface area contributed by atoms with E-state index in [0.29, 0.717) is 0 Å². The van der Waals surface area contributed by atoms with Crippen LogP contribution in [0.1, 0.15) is 27.2 Å². The van der Waals surface area contributed by atoms with Crippen LogP contribution in [0.3, 0.4) is 0 Å². The van der Waals surface area contributed by atoms with Gasteiger partial charge in [-0.25, -0.2) is 0 Å². The number of hydrogen-bond acceptors (Lipinski definition) is 2. The molecule has 0 radical (unpaired) electrons. The first-order valence-corrected chi connectivity index (χ1v) is 4.38. The molecule has 2 nitrogen and oxygen atoms in total. The van der Waals surface area contributed by atoms with Gasteiger partial charge in [-0.1, -0.05) is 33.3 Å². The van der Waals surface area contributed by atoms with E-state index >= 15 is 0 Å². The van der Waals surface area contributed by atoms with E-state index in [9.17, 15) is 0 Å². The first-order chi connectivity index (χ1) is 5.83. The summed E-state index contributed by atoms with van der Waals surface area (Å²) in [6.07, 6.45) is 4.75. The maximum Gasteiger partial charge on any atom is 0.0267 e. The van der Waals surface area contributed by atoms with E-state index in [1.165, 1.54) is 6.42 Å². The Morgan fingerprint density at radius 1 is 1.00 bits per heavy atom. The number of pyridine rings is 1. The predicted molar refractivity (Wildman–Crippen MR) is 54.9 cm³/mol. The van der Waals surface area contributed by atoms with Crippen LogP contribution in [0.4, 0.5) is 0 Å². The SMILES string of the molecule is CCC.CCN.c1ccncc1. The number of rotatable bonds is 0. The van der Waals surface area contributed by atoms with Gasteiger partial charge < -0.3 is 5.73 Å². The molecule has 0 atom stereocenters. The predicted octanol–water partition coefficient (Wildman–Crippen LogP) is 2.46.